The van der Waals surface area contributed by atoms with Gasteiger partial charge in [-0.2, -0.15) is 0 Å². The average Bonchev–Trinajstić information content (AvgIpc) is 3.26. The molecule has 2 aromatic carbocycles. The molecule has 0 atom stereocenters. The first kappa shape index (κ1) is 14.8. The van der Waals surface area contributed by atoms with E-state index in [4.69, 9.17) is 16.3 Å². The van der Waals surface area contributed by atoms with Crippen LogP contribution in [0, 0.1) is 5.82 Å². The molecule has 2 aromatic rings. The van der Waals surface area contributed by atoms with E-state index in [2.05, 4.69) is 21.2 Å². The Morgan fingerprint density at radius 3 is 2.57 bits per heavy atom. The molecule has 0 heterocycles. The fraction of sp³-hybridized carbons (Fsp3) is 0.250. The van der Waals surface area contributed by atoms with Crippen LogP contribution in [0.3, 0.4) is 0 Å². The van der Waals surface area contributed by atoms with Gasteiger partial charge in [0.15, 0.2) is 0 Å². The third kappa shape index (κ3) is 3.96. The molecule has 0 spiro atoms. The Bertz CT molecular complexity index is 661. The number of rotatable bonds is 5. The third-order valence-electron chi connectivity index (χ3n) is 3.31. The summed E-state index contributed by atoms with van der Waals surface area (Å²) in [6.45, 7) is 0.834. The molecule has 1 aliphatic rings. The minimum absolute atomic E-state index is 0.0880. The molecule has 5 heteroatoms. The lowest BCUT2D eigenvalue weighted by atomic mass is 10.2. The lowest BCUT2D eigenvalue weighted by Crippen LogP contribution is -2.15. The van der Waals surface area contributed by atoms with Gasteiger partial charge in [0.2, 0.25) is 0 Å². The van der Waals surface area contributed by atoms with Crippen molar-refractivity contribution in [2.75, 3.05) is 0 Å². The predicted octanol–water partition coefficient (Wildman–Crippen LogP) is 5.29. The van der Waals surface area contributed by atoms with E-state index in [1.807, 2.05) is 18.2 Å². The minimum atomic E-state index is -0.488. The van der Waals surface area contributed by atoms with Crippen molar-refractivity contribution in [3.05, 3.63) is 57.3 Å². The second-order valence-electron chi connectivity index (χ2n) is 5.09. The lowest BCUT2D eigenvalue weighted by molar-refractivity contribution is 0.476. The molecule has 1 N–H and O–H groups in total. The molecule has 1 aliphatic carbocycles. The van der Waals surface area contributed by atoms with E-state index in [0.717, 1.165) is 11.0 Å². The maximum atomic E-state index is 13.4. The Morgan fingerprint density at radius 2 is 1.90 bits per heavy atom. The Balaban J connectivity index is 1.70. The van der Waals surface area contributed by atoms with Gasteiger partial charge in [-0.15, -0.1) is 0 Å². The Hall–Kier alpha value is -1.10. The van der Waals surface area contributed by atoms with E-state index in [0.29, 0.717) is 17.5 Å². The van der Waals surface area contributed by atoms with Crippen molar-refractivity contribution in [3.8, 4) is 11.5 Å². The highest BCUT2D eigenvalue weighted by molar-refractivity contribution is 9.10. The smallest absolute Gasteiger partial charge is 0.145 e. The first-order valence-corrected chi connectivity index (χ1v) is 7.93. The zero-order valence-corrected chi connectivity index (χ0v) is 13.5. The highest BCUT2D eigenvalue weighted by Gasteiger charge is 2.20. The minimum Gasteiger partial charge on any atom is -0.457 e. The van der Waals surface area contributed by atoms with Gasteiger partial charge < -0.3 is 10.1 Å². The summed E-state index contributed by atoms with van der Waals surface area (Å²) in [6.07, 6.45) is 2.53. The van der Waals surface area contributed by atoms with Crippen molar-refractivity contribution < 1.29 is 9.13 Å². The van der Waals surface area contributed by atoms with Crippen LogP contribution in [-0.2, 0) is 6.54 Å². The Kier molecular flexibility index (Phi) is 4.48. The molecule has 110 valence electrons. The van der Waals surface area contributed by atoms with Gasteiger partial charge in [-0.25, -0.2) is 4.39 Å². The molecule has 0 bridgehead atoms. The second kappa shape index (κ2) is 6.34. The molecule has 0 aliphatic heterocycles. The van der Waals surface area contributed by atoms with Crippen molar-refractivity contribution in [2.45, 2.75) is 25.4 Å². The molecule has 0 amide bonds. The van der Waals surface area contributed by atoms with Gasteiger partial charge >= 0.3 is 0 Å². The first-order valence-electron chi connectivity index (χ1n) is 6.76. The maximum Gasteiger partial charge on any atom is 0.145 e. The van der Waals surface area contributed by atoms with Gasteiger partial charge in [-0.05, 0) is 42.7 Å². The molecule has 0 saturated heterocycles. The molecule has 1 fully saturated rings. The van der Waals surface area contributed by atoms with E-state index in [-0.39, 0.29) is 5.02 Å². The van der Waals surface area contributed by atoms with Crippen molar-refractivity contribution in [1.82, 2.24) is 5.32 Å². The van der Waals surface area contributed by atoms with Crippen molar-refractivity contribution in [2.24, 2.45) is 0 Å². The molecule has 3 rings (SSSR count). The number of hydrogen-bond acceptors (Lipinski definition) is 2. The van der Waals surface area contributed by atoms with Crippen molar-refractivity contribution in [3.63, 3.8) is 0 Å². The topological polar surface area (TPSA) is 21.3 Å². The van der Waals surface area contributed by atoms with Crippen LogP contribution < -0.4 is 10.1 Å². The fourth-order valence-electron chi connectivity index (χ4n) is 1.95. The van der Waals surface area contributed by atoms with Crippen LogP contribution in [0.4, 0.5) is 4.39 Å². The Labute approximate surface area is 136 Å². The molecular formula is C16H14BrClFNO. The standard InChI is InChI=1S/C16H14BrClFNO/c17-14-7-12(4-1-10(14)9-20-11-2-3-11)21-13-5-6-15(18)16(19)8-13/h1,4-8,11,20H,2-3,9H2. The van der Waals surface area contributed by atoms with E-state index in [1.165, 1.54) is 30.5 Å². The van der Waals surface area contributed by atoms with Crippen LogP contribution in [-0.4, -0.2) is 6.04 Å². The molecular weight excluding hydrogens is 357 g/mol. The monoisotopic (exact) mass is 369 g/mol. The molecule has 0 aromatic heterocycles. The van der Waals surface area contributed by atoms with Crippen molar-refractivity contribution in [1.29, 1.82) is 0 Å². The summed E-state index contributed by atoms with van der Waals surface area (Å²) in [6, 6.07) is 10.8. The fourth-order valence-corrected chi connectivity index (χ4v) is 2.57. The van der Waals surface area contributed by atoms with Crippen LogP contribution in [0.25, 0.3) is 0 Å². The van der Waals surface area contributed by atoms with Gasteiger partial charge in [-0.1, -0.05) is 33.6 Å². The highest BCUT2D eigenvalue weighted by atomic mass is 79.9. The van der Waals surface area contributed by atoms with E-state index in [9.17, 15) is 4.39 Å². The summed E-state index contributed by atoms with van der Waals surface area (Å²) in [4.78, 5) is 0. The van der Waals surface area contributed by atoms with Crippen molar-refractivity contribution >= 4 is 27.5 Å². The summed E-state index contributed by atoms with van der Waals surface area (Å²) in [5, 5.41) is 3.55. The van der Waals surface area contributed by atoms with Crippen LogP contribution in [0.5, 0.6) is 11.5 Å². The van der Waals surface area contributed by atoms with E-state index >= 15 is 0 Å². The highest BCUT2D eigenvalue weighted by Crippen LogP contribution is 2.29. The maximum absolute atomic E-state index is 13.4. The number of ether oxygens (including phenoxy) is 1. The van der Waals surface area contributed by atoms with E-state index in [1.54, 1.807) is 6.07 Å². The van der Waals surface area contributed by atoms with Gasteiger partial charge in [0.1, 0.15) is 17.3 Å². The summed E-state index contributed by atoms with van der Waals surface area (Å²) in [7, 11) is 0. The zero-order chi connectivity index (χ0) is 14.8. The largest absolute Gasteiger partial charge is 0.457 e. The number of halogens is 3. The van der Waals surface area contributed by atoms with Crippen LogP contribution in [0.15, 0.2) is 40.9 Å². The quantitative estimate of drug-likeness (QED) is 0.772. The predicted molar refractivity (Wildman–Crippen MR) is 85.5 cm³/mol. The molecule has 21 heavy (non-hydrogen) atoms. The Morgan fingerprint density at radius 1 is 1.19 bits per heavy atom. The summed E-state index contributed by atoms with van der Waals surface area (Å²) in [5.41, 5.74) is 1.18. The summed E-state index contributed by atoms with van der Waals surface area (Å²) >= 11 is 9.19. The van der Waals surface area contributed by atoms with Gasteiger partial charge in [0, 0.05) is 23.1 Å². The van der Waals surface area contributed by atoms with E-state index < -0.39 is 5.82 Å². The summed E-state index contributed by atoms with van der Waals surface area (Å²) in [5.74, 6) is 0.588. The first-order chi connectivity index (χ1) is 10.1. The van der Waals surface area contributed by atoms with Gasteiger partial charge in [-0.3, -0.25) is 0 Å². The normalized spacial score (nSPS) is 14.2. The third-order valence-corrected chi connectivity index (χ3v) is 4.35. The second-order valence-corrected chi connectivity index (χ2v) is 6.35. The lowest BCUT2D eigenvalue weighted by Gasteiger charge is -2.10. The summed E-state index contributed by atoms with van der Waals surface area (Å²) < 4.78 is 20.0. The van der Waals surface area contributed by atoms with Gasteiger partial charge in [0.05, 0.1) is 5.02 Å². The average molecular weight is 371 g/mol. The molecule has 2 nitrogen and oxygen atoms in total. The SMILES string of the molecule is Fc1cc(Oc2ccc(CNC3CC3)c(Br)c2)ccc1Cl. The molecule has 1 saturated carbocycles. The zero-order valence-electron chi connectivity index (χ0n) is 11.2. The molecule has 0 unspecified atom stereocenters. The number of benzene rings is 2. The number of nitrogens with one attached hydrogen (secondary N) is 1. The van der Waals surface area contributed by atoms with Crippen LogP contribution >= 0.6 is 27.5 Å². The van der Waals surface area contributed by atoms with Crippen LogP contribution in [0.2, 0.25) is 5.02 Å². The van der Waals surface area contributed by atoms with Crippen LogP contribution in [0.1, 0.15) is 18.4 Å². The molecule has 0 radical (unpaired) electrons. The van der Waals surface area contributed by atoms with Gasteiger partial charge in [0.25, 0.3) is 0 Å². The number of hydrogen-bond donors (Lipinski definition) is 1.